The van der Waals surface area contributed by atoms with Gasteiger partial charge in [-0.05, 0) is 51.7 Å². The second-order valence-corrected chi connectivity index (χ2v) is 7.01. The van der Waals surface area contributed by atoms with Crippen molar-refractivity contribution in [1.29, 1.82) is 0 Å². The number of hydrogen-bond acceptors (Lipinski definition) is 3. The lowest BCUT2D eigenvalue weighted by molar-refractivity contribution is 0.573. The molecule has 0 unspecified atom stereocenters. The van der Waals surface area contributed by atoms with Gasteiger partial charge in [0.2, 0.25) is 0 Å². The van der Waals surface area contributed by atoms with Gasteiger partial charge in [-0.25, -0.2) is 4.98 Å². The Balaban J connectivity index is 1.47. The molecule has 1 aliphatic carbocycles. The van der Waals surface area contributed by atoms with Crippen molar-refractivity contribution in [2.45, 2.75) is 52.1 Å². The zero-order valence-corrected chi connectivity index (χ0v) is 14.9. The summed E-state index contributed by atoms with van der Waals surface area (Å²) in [6, 6.07) is 8.99. The van der Waals surface area contributed by atoms with Gasteiger partial charge in [0.1, 0.15) is 5.82 Å². The number of anilines is 1. The van der Waals surface area contributed by atoms with E-state index in [1.165, 1.54) is 29.7 Å². The average molecular weight is 335 g/mol. The highest BCUT2D eigenvalue weighted by molar-refractivity contribution is 5.66. The predicted octanol–water partition coefficient (Wildman–Crippen LogP) is 4.35. The van der Waals surface area contributed by atoms with Gasteiger partial charge in [-0.2, -0.15) is 5.10 Å². The van der Waals surface area contributed by atoms with Crippen LogP contribution in [0.5, 0.6) is 0 Å². The van der Waals surface area contributed by atoms with Gasteiger partial charge in [0.15, 0.2) is 0 Å². The highest BCUT2D eigenvalue weighted by atomic mass is 15.1. The second-order valence-electron chi connectivity index (χ2n) is 7.01. The van der Waals surface area contributed by atoms with E-state index in [-0.39, 0.29) is 0 Å². The van der Waals surface area contributed by atoms with Gasteiger partial charge in [-0.1, -0.05) is 12.1 Å². The van der Waals surface area contributed by atoms with Gasteiger partial charge < -0.3 is 9.88 Å². The Morgan fingerprint density at radius 1 is 1.16 bits per heavy atom. The van der Waals surface area contributed by atoms with E-state index < -0.39 is 0 Å². The average Bonchev–Trinajstić information content (AvgIpc) is 3.27. The molecule has 0 saturated carbocycles. The Kier molecular flexibility index (Phi) is 4.30. The summed E-state index contributed by atoms with van der Waals surface area (Å²) in [7, 11) is 0. The van der Waals surface area contributed by atoms with Gasteiger partial charge >= 0.3 is 0 Å². The number of rotatable bonds is 5. The molecule has 0 fully saturated rings. The summed E-state index contributed by atoms with van der Waals surface area (Å²) in [6.45, 7) is 5.07. The van der Waals surface area contributed by atoms with E-state index in [9.17, 15) is 0 Å². The predicted molar refractivity (Wildman–Crippen MR) is 101 cm³/mol. The van der Waals surface area contributed by atoms with Crippen molar-refractivity contribution < 1.29 is 0 Å². The summed E-state index contributed by atoms with van der Waals surface area (Å²) in [6.07, 6.45) is 8.70. The maximum absolute atomic E-state index is 4.56. The first-order valence-electron chi connectivity index (χ1n) is 9.14. The van der Waals surface area contributed by atoms with Crippen molar-refractivity contribution >= 4 is 5.69 Å². The molecule has 0 atom stereocenters. The zero-order chi connectivity index (χ0) is 17.2. The number of fused-ring (bicyclic) bond motifs is 1. The SMILES string of the molecule is CC(C)n1ccnc1CNc1ccc(-c2n[nH]c3c2CCCC3)cc1. The van der Waals surface area contributed by atoms with Crippen LogP contribution in [0.1, 0.15) is 49.8 Å². The van der Waals surface area contributed by atoms with Gasteiger partial charge in [-0.3, -0.25) is 5.10 Å². The van der Waals surface area contributed by atoms with Crippen LogP contribution in [0, 0.1) is 0 Å². The Morgan fingerprint density at radius 3 is 2.76 bits per heavy atom. The highest BCUT2D eigenvalue weighted by Crippen LogP contribution is 2.30. The third kappa shape index (κ3) is 3.18. The highest BCUT2D eigenvalue weighted by Gasteiger charge is 2.17. The van der Waals surface area contributed by atoms with Gasteiger partial charge in [-0.15, -0.1) is 0 Å². The molecule has 0 amide bonds. The van der Waals surface area contributed by atoms with E-state index in [1.807, 2.05) is 12.4 Å². The van der Waals surface area contributed by atoms with Crippen LogP contribution in [0.15, 0.2) is 36.7 Å². The molecular formula is C20H25N5. The molecule has 0 spiro atoms. The molecule has 130 valence electrons. The molecule has 0 saturated heterocycles. The Bertz CT molecular complexity index is 841. The number of H-pyrrole nitrogens is 1. The normalized spacial score (nSPS) is 13.9. The quantitative estimate of drug-likeness (QED) is 0.729. The minimum Gasteiger partial charge on any atom is -0.378 e. The molecular weight excluding hydrogens is 310 g/mol. The topological polar surface area (TPSA) is 58.5 Å². The maximum atomic E-state index is 4.56. The smallest absolute Gasteiger partial charge is 0.128 e. The summed E-state index contributed by atoms with van der Waals surface area (Å²) in [4.78, 5) is 4.45. The van der Waals surface area contributed by atoms with E-state index in [1.54, 1.807) is 0 Å². The molecule has 2 heterocycles. The fourth-order valence-corrected chi connectivity index (χ4v) is 3.60. The van der Waals surface area contributed by atoms with Gasteiger partial charge in [0.25, 0.3) is 0 Å². The van der Waals surface area contributed by atoms with Crippen LogP contribution in [0.2, 0.25) is 0 Å². The third-order valence-electron chi connectivity index (χ3n) is 4.97. The first kappa shape index (κ1) is 15.9. The molecule has 25 heavy (non-hydrogen) atoms. The number of aryl methyl sites for hydroxylation is 1. The first-order chi connectivity index (χ1) is 12.2. The fourth-order valence-electron chi connectivity index (χ4n) is 3.60. The lowest BCUT2D eigenvalue weighted by atomic mass is 9.94. The summed E-state index contributed by atoms with van der Waals surface area (Å²) in [5.41, 5.74) is 6.14. The minimum atomic E-state index is 0.424. The van der Waals surface area contributed by atoms with Crippen molar-refractivity contribution in [3.63, 3.8) is 0 Å². The van der Waals surface area contributed by atoms with Crippen molar-refractivity contribution in [2.24, 2.45) is 0 Å². The van der Waals surface area contributed by atoms with Crippen LogP contribution in [-0.2, 0) is 19.4 Å². The Labute approximate surface area is 148 Å². The molecule has 0 radical (unpaired) electrons. The standard InChI is InChI=1S/C20H25N5/c1-14(2)25-12-11-21-19(25)13-22-16-9-7-15(8-10-16)20-17-5-3-4-6-18(17)23-24-20/h7-12,14,22H,3-6,13H2,1-2H3,(H,23,24). The largest absolute Gasteiger partial charge is 0.378 e. The van der Waals surface area contributed by atoms with Gasteiger partial charge in [0.05, 0.1) is 12.2 Å². The van der Waals surface area contributed by atoms with E-state index in [4.69, 9.17) is 0 Å². The molecule has 0 aliphatic heterocycles. The molecule has 5 nitrogen and oxygen atoms in total. The van der Waals surface area contributed by atoms with Crippen LogP contribution in [0.25, 0.3) is 11.3 Å². The Hall–Kier alpha value is -2.56. The fraction of sp³-hybridized carbons (Fsp3) is 0.400. The Morgan fingerprint density at radius 2 is 1.96 bits per heavy atom. The lowest BCUT2D eigenvalue weighted by Gasteiger charge is -2.13. The maximum Gasteiger partial charge on any atom is 0.128 e. The number of benzene rings is 1. The summed E-state index contributed by atoms with van der Waals surface area (Å²) in [5, 5.41) is 11.2. The molecule has 2 aromatic heterocycles. The van der Waals surface area contributed by atoms with Crippen LogP contribution in [-0.4, -0.2) is 19.7 Å². The van der Waals surface area contributed by atoms with E-state index in [0.29, 0.717) is 6.04 Å². The van der Waals surface area contributed by atoms with E-state index in [2.05, 4.69) is 63.2 Å². The van der Waals surface area contributed by atoms with Crippen LogP contribution in [0.4, 0.5) is 5.69 Å². The molecule has 5 heteroatoms. The number of hydrogen-bond donors (Lipinski definition) is 2. The monoisotopic (exact) mass is 335 g/mol. The van der Waals surface area contributed by atoms with Crippen LogP contribution < -0.4 is 5.32 Å². The van der Waals surface area contributed by atoms with Crippen molar-refractivity contribution in [2.75, 3.05) is 5.32 Å². The zero-order valence-electron chi connectivity index (χ0n) is 14.9. The molecule has 2 N–H and O–H groups in total. The van der Waals surface area contributed by atoms with Crippen molar-refractivity contribution in [1.82, 2.24) is 19.7 Å². The number of aromatic amines is 1. The molecule has 4 rings (SSSR count). The minimum absolute atomic E-state index is 0.424. The number of imidazole rings is 1. The number of nitrogens with zero attached hydrogens (tertiary/aromatic N) is 3. The summed E-state index contributed by atoms with van der Waals surface area (Å²) < 4.78 is 2.19. The lowest BCUT2D eigenvalue weighted by Crippen LogP contribution is -2.10. The second kappa shape index (κ2) is 6.75. The van der Waals surface area contributed by atoms with Crippen LogP contribution >= 0.6 is 0 Å². The molecule has 3 aromatic rings. The van der Waals surface area contributed by atoms with Gasteiger partial charge in [0, 0.05) is 40.9 Å². The number of nitrogens with one attached hydrogen (secondary N) is 2. The summed E-state index contributed by atoms with van der Waals surface area (Å²) >= 11 is 0. The summed E-state index contributed by atoms with van der Waals surface area (Å²) in [5.74, 6) is 1.06. The molecule has 0 bridgehead atoms. The third-order valence-corrected chi connectivity index (χ3v) is 4.97. The van der Waals surface area contributed by atoms with Crippen LogP contribution in [0.3, 0.4) is 0 Å². The molecule has 1 aromatic carbocycles. The first-order valence-corrected chi connectivity index (χ1v) is 9.14. The van der Waals surface area contributed by atoms with Crippen molar-refractivity contribution in [3.05, 3.63) is 53.7 Å². The molecule has 1 aliphatic rings. The van der Waals surface area contributed by atoms with E-state index in [0.717, 1.165) is 36.6 Å². The van der Waals surface area contributed by atoms with E-state index >= 15 is 0 Å². The van der Waals surface area contributed by atoms with Crippen molar-refractivity contribution in [3.8, 4) is 11.3 Å². The number of aromatic nitrogens is 4.